The smallest absolute Gasteiger partial charge is 0.315 e. The first-order valence-corrected chi connectivity index (χ1v) is 5.45. The molecule has 1 heterocycles. The summed E-state index contributed by atoms with van der Waals surface area (Å²) >= 11 is 1.12. The molecular formula is C10H8F2N2O2S. The maximum atomic E-state index is 12.0. The maximum Gasteiger partial charge on any atom is 0.315 e. The van der Waals surface area contributed by atoms with E-state index in [1.807, 2.05) is 5.32 Å². The van der Waals surface area contributed by atoms with Gasteiger partial charge in [-0.25, -0.2) is 4.98 Å². The summed E-state index contributed by atoms with van der Waals surface area (Å²) in [6, 6.07) is 5.13. The van der Waals surface area contributed by atoms with Crippen LogP contribution in [0.1, 0.15) is 0 Å². The van der Waals surface area contributed by atoms with Crippen molar-refractivity contribution in [3.05, 3.63) is 18.2 Å². The molecule has 1 aromatic heterocycles. The Morgan fingerprint density at radius 2 is 2.29 bits per heavy atom. The Balaban J connectivity index is 2.28. The van der Waals surface area contributed by atoms with E-state index in [4.69, 9.17) is 4.74 Å². The summed E-state index contributed by atoms with van der Waals surface area (Å²) in [7, 11) is 1.53. The summed E-state index contributed by atoms with van der Waals surface area (Å²) in [5, 5.41) is 2.20. The fraction of sp³-hybridized carbons (Fsp3) is 0.200. The van der Waals surface area contributed by atoms with Gasteiger partial charge in [-0.15, -0.1) is 0 Å². The van der Waals surface area contributed by atoms with Gasteiger partial charge >= 0.3 is 6.43 Å². The first-order chi connectivity index (χ1) is 8.10. The molecule has 0 spiro atoms. The maximum absolute atomic E-state index is 12.0. The summed E-state index contributed by atoms with van der Waals surface area (Å²) in [5.41, 5.74) is 0.625. The van der Waals surface area contributed by atoms with Crippen LogP contribution in [-0.2, 0) is 4.79 Å². The van der Waals surface area contributed by atoms with Crippen molar-refractivity contribution >= 4 is 32.6 Å². The summed E-state index contributed by atoms with van der Waals surface area (Å²) < 4.78 is 29.8. The summed E-state index contributed by atoms with van der Waals surface area (Å²) in [6.45, 7) is 0. The lowest BCUT2D eigenvalue weighted by Crippen LogP contribution is -2.19. The minimum absolute atomic E-state index is 0.151. The number of halogens is 2. The van der Waals surface area contributed by atoms with Crippen molar-refractivity contribution < 1.29 is 18.3 Å². The minimum atomic E-state index is -3.04. The van der Waals surface area contributed by atoms with Gasteiger partial charge in [-0.05, 0) is 18.2 Å². The summed E-state index contributed by atoms with van der Waals surface area (Å²) in [5.74, 6) is -0.705. The highest BCUT2D eigenvalue weighted by Gasteiger charge is 2.17. The first kappa shape index (κ1) is 11.7. The highest BCUT2D eigenvalue weighted by molar-refractivity contribution is 7.22. The number of alkyl halides is 2. The zero-order valence-electron chi connectivity index (χ0n) is 8.74. The second kappa shape index (κ2) is 4.62. The lowest BCUT2D eigenvalue weighted by Gasteiger charge is -1.97. The van der Waals surface area contributed by atoms with Crippen molar-refractivity contribution in [1.29, 1.82) is 0 Å². The van der Waals surface area contributed by atoms with Crippen LogP contribution in [0.5, 0.6) is 5.75 Å². The van der Waals surface area contributed by atoms with Crippen LogP contribution < -0.4 is 10.1 Å². The van der Waals surface area contributed by atoms with Crippen molar-refractivity contribution in [1.82, 2.24) is 4.98 Å². The molecule has 1 N–H and O–H groups in total. The molecule has 1 aromatic carbocycles. The summed E-state index contributed by atoms with van der Waals surface area (Å²) in [6.07, 6.45) is -3.04. The first-order valence-electron chi connectivity index (χ1n) is 4.64. The second-order valence-corrected chi connectivity index (χ2v) is 4.17. The number of nitrogens with zero attached hydrogens (tertiary/aromatic N) is 1. The molecular weight excluding hydrogens is 250 g/mol. The number of methoxy groups -OCH3 is 1. The van der Waals surface area contributed by atoms with Gasteiger partial charge in [0.15, 0.2) is 5.13 Å². The van der Waals surface area contributed by atoms with E-state index in [1.165, 1.54) is 7.11 Å². The quantitative estimate of drug-likeness (QED) is 0.920. The molecule has 0 saturated heterocycles. The van der Waals surface area contributed by atoms with Crippen LogP contribution in [0.15, 0.2) is 18.2 Å². The highest BCUT2D eigenvalue weighted by atomic mass is 32.1. The van der Waals surface area contributed by atoms with Crippen LogP contribution in [0.2, 0.25) is 0 Å². The van der Waals surface area contributed by atoms with Gasteiger partial charge in [0, 0.05) is 0 Å². The summed E-state index contributed by atoms with van der Waals surface area (Å²) in [4.78, 5) is 14.8. The molecule has 7 heteroatoms. The van der Waals surface area contributed by atoms with Crippen LogP contribution in [0.3, 0.4) is 0 Å². The van der Waals surface area contributed by atoms with E-state index in [-0.39, 0.29) is 5.13 Å². The van der Waals surface area contributed by atoms with Gasteiger partial charge in [0.2, 0.25) is 0 Å². The number of ether oxygens (including phenoxy) is 1. The zero-order valence-corrected chi connectivity index (χ0v) is 9.55. The molecule has 0 bridgehead atoms. The van der Waals surface area contributed by atoms with Gasteiger partial charge in [-0.2, -0.15) is 8.78 Å². The number of aromatic nitrogens is 1. The predicted octanol–water partition coefficient (Wildman–Crippen LogP) is 2.51. The molecule has 4 nitrogen and oxygen atoms in total. The molecule has 0 fully saturated rings. The van der Waals surface area contributed by atoms with Gasteiger partial charge in [0.1, 0.15) is 5.75 Å². The fourth-order valence-corrected chi connectivity index (χ4v) is 2.14. The Kier molecular flexibility index (Phi) is 3.19. The molecule has 17 heavy (non-hydrogen) atoms. The van der Waals surface area contributed by atoms with Gasteiger partial charge in [0.05, 0.1) is 17.3 Å². The van der Waals surface area contributed by atoms with Gasteiger partial charge < -0.3 is 4.74 Å². The lowest BCUT2D eigenvalue weighted by atomic mass is 10.3. The third kappa shape index (κ3) is 2.50. The topological polar surface area (TPSA) is 51.2 Å². The van der Waals surface area contributed by atoms with E-state index < -0.39 is 12.3 Å². The van der Waals surface area contributed by atoms with E-state index in [0.717, 1.165) is 16.0 Å². The van der Waals surface area contributed by atoms with E-state index in [1.54, 1.807) is 18.2 Å². The number of carbonyl (C=O) groups excluding carboxylic acids is 1. The molecule has 2 aromatic rings. The Labute approximate surface area is 99.2 Å². The molecule has 1 amide bonds. The van der Waals surface area contributed by atoms with Crippen molar-refractivity contribution in [2.45, 2.75) is 6.43 Å². The van der Waals surface area contributed by atoms with Crippen LogP contribution >= 0.6 is 11.3 Å². The molecule has 0 saturated carbocycles. The van der Waals surface area contributed by atoms with E-state index >= 15 is 0 Å². The molecule has 0 unspecified atom stereocenters. The van der Waals surface area contributed by atoms with E-state index in [2.05, 4.69) is 4.98 Å². The number of carbonyl (C=O) groups is 1. The van der Waals surface area contributed by atoms with Crippen molar-refractivity contribution in [2.24, 2.45) is 0 Å². The Morgan fingerprint density at radius 3 is 2.94 bits per heavy atom. The number of fused-ring (bicyclic) bond motifs is 1. The van der Waals surface area contributed by atoms with Crippen LogP contribution in [0, 0.1) is 0 Å². The van der Waals surface area contributed by atoms with Crippen molar-refractivity contribution in [3.63, 3.8) is 0 Å². The number of thiazole rings is 1. The molecule has 0 aliphatic rings. The van der Waals surface area contributed by atoms with Crippen molar-refractivity contribution in [2.75, 3.05) is 12.4 Å². The minimum Gasteiger partial charge on any atom is -0.497 e. The average molecular weight is 258 g/mol. The number of nitrogens with one attached hydrogen (secondary N) is 1. The monoisotopic (exact) mass is 258 g/mol. The SMILES string of the molecule is COc1ccc2nc(NC(=O)C(F)F)sc2c1. The number of benzene rings is 1. The van der Waals surface area contributed by atoms with Crippen molar-refractivity contribution in [3.8, 4) is 5.75 Å². The zero-order chi connectivity index (χ0) is 12.4. The highest BCUT2D eigenvalue weighted by Crippen LogP contribution is 2.29. The van der Waals surface area contributed by atoms with Gasteiger partial charge in [0.25, 0.3) is 5.91 Å². The largest absolute Gasteiger partial charge is 0.497 e. The van der Waals surface area contributed by atoms with Gasteiger partial charge in [-0.1, -0.05) is 11.3 Å². The molecule has 0 radical (unpaired) electrons. The second-order valence-electron chi connectivity index (χ2n) is 3.14. The van der Waals surface area contributed by atoms with Crippen LogP contribution in [-0.4, -0.2) is 24.4 Å². The molecule has 90 valence electrons. The van der Waals surface area contributed by atoms with E-state index in [9.17, 15) is 13.6 Å². The standard InChI is InChI=1S/C10H8F2N2O2S/c1-16-5-2-3-6-7(4-5)17-10(13-6)14-9(15)8(11)12/h2-4,8H,1H3,(H,13,14,15). The molecule has 2 rings (SSSR count). The number of hydrogen-bond donors (Lipinski definition) is 1. The Morgan fingerprint density at radius 1 is 1.53 bits per heavy atom. The lowest BCUT2D eigenvalue weighted by molar-refractivity contribution is -0.126. The number of rotatable bonds is 3. The molecule has 0 atom stereocenters. The normalized spacial score (nSPS) is 10.8. The third-order valence-corrected chi connectivity index (χ3v) is 2.96. The Bertz CT molecular complexity index is 556. The number of amides is 1. The fourth-order valence-electron chi connectivity index (χ4n) is 1.25. The number of anilines is 1. The number of hydrogen-bond acceptors (Lipinski definition) is 4. The van der Waals surface area contributed by atoms with E-state index in [0.29, 0.717) is 11.3 Å². The van der Waals surface area contributed by atoms with Gasteiger partial charge in [-0.3, -0.25) is 10.1 Å². The predicted molar refractivity (Wildman–Crippen MR) is 60.8 cm³/mol. The molecule has 0 aliphatic heterocycles. The molecule has 0 aliphatic carbocycles. The Hall–Kier alpha value is -1.76. The van der Waals surface area contributed by atoms with Crippen LogP contribution in [0.25, 0.3) is 10.2 Å². The van der Waals surface area contributed by atoms with Crippen LogP contribution in [0.4, 0.5) is 13.9 Å². The third-order valence-electron chi connectivity index (χ3n) is 2.02. The average Bonchev–Trinajstić information content (AvgIpc) is 2.69.